The highest BCUT2D eigenvalue weighted by atomic mass is 19.3. The summed E-state index contributed by atoms with van der Waals surface area (Å²) in [7, 11) is 0. The first-order valence-electron chi connectivity index (χ1n) is 6.69. The molecule has 0 radical (unpaired) electrons. The Morgan fingerprint density at radius 1 is 1.35 bits per heavy atom. The van der Waals surface area contributed by atoms with Gasteiger partial charge in [-0.05, 0) is 25.1 Å². The highest BCUT2D eigenvalue weighted by Gasteiger charge is 2.09. The number of halogens is 2. The molecule has 1 fully saturated rings. The lowest BCUT2D eigenvalue weighted by Gasteiger charge is -2.26. The second-order valence-corrected chi connectivity index (χ2v) is 4.49. The van der Waals surface area contributed by atoms with E-state index in [1.807, 2.05) is 0 Å². The quantitative estimate of drug-likeness (QED) is 0.775. The van der Waals surface area contributed by atoms with Gasteiger partial charge in [-0.1, -0.05) is 0 Å². The number of nitrogens with zero attached hydrogens (tertiary/aromatic N) is 2. The fraction of sp³-hybridized carbons (Fsp3) is 0.615. The van der Waals surface area contributed by atoms with Crippen LogP contribution < -0.4 is 10.1 Å². The fourth-order valence-corrected chi connectivity index (χ4v) is 2.00. The molecule has 1 aromatic heterocycles. The van der Waals surface area contributed by atoms with Crippen LogP contribution in [0.25, 0.3) is 0 Å². The molecule has 7 heteroatoms. The number of alkyl halides is 2. The van der Waals surface area contributed by atoms with Gasteiger partial charge in [0.05, 0.1) is 19.4 Å². The minimum Gasteiger partial charge on any atom is -0.433 e. The summed E-state index contributed by atoms with van der Waals surface area (Å²) in [6.45, 7) is 2.57. The highest BCUT2D eigenvalue weighted by molar-refractivity contribution is 5.37. The minimum absolute atomic E-state index is 0.0684. The molecule has 0 spiro atoms. The van der Waals surface area contributed by atoms with E-state index in [4.69, 9.17) is 4.74 Å². The van der Waals surface area contributed by atoms with Gasteiger partial charge < -0.3 is 14.8 Å². The van der Waals surface area contributed by atoms with Crippen molar-refractivity contribution >= 4 is 5.82 Å². The van der Waals surface area contributed by atoms with Crippen molar-refractivity contribution < 1.29 is 18.3 Å². The molecule has 1 saturated heterocycles. The Morgan fingerprint density at radius 2 is 2.15 bits per heavy atom. The normalized spacial score (nSPS) is 16.4. The Balaban J connectivity index is 1.63. The second kappa shape index (κ2) is 7.96. The van der Waals surface area contributed by atoms with Crippen LogP contribution in [0.15, 0.2) is 18.3 Å². The van der Waals surface area contributed by atoms with Crippen LogP contribution in [0.5, 0.6) is 5.75 Å². The summed E-state index contributed by atoms with van der Waals surface area (Å²) in [5.41, 5.74) is 0. The molecule has 0 atom stereocenters. The molecule has 1 aliphatic rings. The summed E-state index contributed by atoms with van der Waals surface area (Å²) in [5, 5.41) is 3.15. The van der Waals surface area contributed by atoms with Crippen LogP contribution >= 0.6 is 0 Å². The zero-order chi connectivity index (χ0) is 14.2. The Labute approximate surface area is 116 Å². The largest absolute Gasteiger partial charge is 0.433 e. The van der Waals surface area contributed by atoms with Crippen LogP contribution in [0.2, 0.25) is 0 Å². The van der Waals surface area contributed by atoms with Gasteiger partial charge in [0.1, 0.15) is 11.6 Å². The van der Waals surface area contributed by atoms with Gasteiger partial charge in [0.15, 0.2) is 0 Å². The monoisotopic (exact) mass is 287 g/mol. The maximum Gasteiger partial charge on any atom is 0.387 e. The van der Waals surface area contributed by atoms with Crippen molar-refractivity contribution in [3.63, 3.8) is 0 Å². The van der Waals surface area contributed by atoms with Gasteiger partial charge in [-0.3, -0.25) is 4.90 Å². The maximum atomic E-state index is 12.0. The molecule has 0 amide bonds. The van der Waals surface area contributed by atoms with Crippen LogP contribution in [0, 0.1) is 0 Å². The van der Waals surface area contributed by atoms with E-state index in [1.165, 1.54) is 12.3 Å². The fourth-order valence-electron chi connectivity index (χ4n) is 2.00. The van der Waals surface area contributed by atoms with Gasteiger partial charge in [0, 0.05) is 19.6 Å². The summed E-state index contributed by atoms with van der Waals surface area (Å²) >= 11 is 0. The van der Waals surface area contributed by atoms with Crippen molar-refractivity contribution in [1.29, 1.82) is 0 Å². The zero-order valence-electron chi connectivity index (χ0n) is 11.2. The molecule has 0 aliphatic carbocycles. The predicted octanol–water partition coefficient (Wildman–Crippen LogP) is 1.82. The molecule has 1 N–H and O–H groups in total. The molecule has 112 valence electrons. The van der Waals surface area contributed by atoms with Crippen molar-refractivity contribution in [2.75, 3.05) is 44.7 Å². The van der Waals surface area contributed by atoms with E-state index in [-0.39, 0.29) is 5.75 Å². The van der Waals surface area contributed by atoms with Crippen molar-refractivity contribution in [2.45, 2.75) is 13.0 Å². The van der Waals surface area contributed by atoms with Crippen LogP contribution in [-0.4, -0.2) is 55.9 Å². The first-order valence-corrected chi connectivity index (χ1v) is 6.69. The molecule has 0 unspecified atom stereocenters. The van der Waals surface area contributed by atoms with Crippen LogP contribution in [0.4, 0.5) is 14.6 Å². The average molecular weight is 287 g/mol. The van der Waals surface area contributed by atoms with Crippen molar-refractivity contribution in [1.82, 2.24) is 9.88 Å². The summed E-state index contributed by atoms with van der Waals surface area (Å²) < 4.78 is 33.4. The first-order chi connectivity index (χ1) is 9.74. The van der Waals surface area contributed by atoms with Gasteiger partial charge in [-0.25, -0.2) is 4.98 Å². The summed E-state index contributed by atoms with van der Waals surface area (Å²) in [5.74, 6) is 0.729. The Kier molecular flexibility index (Phi) is 5.94. The highest BCUT2D eigenvalue weighted by Crippen LogP contribution is 2.14. The number of rotatable bonds is 7. The van der Waals surface area contributed by atoms with Gasteiger partial charge >= 0.3 is 6.61 Å². The number of hydrogen-bond acceptors (Lipinski definition) is 5. The predicted molar refractivity (Wildman–Crippen MR) is 71.2 cm³/mol. The zero-order valence-corrected chi connectivity index (χ0v) is 11.2. The van der Waals surface area contributed by atoms with Gasteiger partial charge in [0.25, 0.3) is 0 Å². The van der Waals surface area contributed by atoms with E-state index in [0.29, 0.717) is 5.82 Å². The molecule has 5 nitrogen and oxygen atoms in total. The Bertz CT molecular complexity index is 384. The molecule has 1 aromatic rings. The second-order valence-electron chi connectivity index (χ2n) is 4.49. The van der Waals surface area contributed by atoms with Gasteiger partial charge in [0.2, 0.25) is 0 Å². The van der Waals surface area contributed by atoms with E-state index in [2.05, 4.69) is 19.9 Å². The van der Waals surface area contributed by atoms with Gasteiger partial charge in [-0.2, -0.15) is 8.78 Å². The summed E-state index contributed by atoms with van der Waals surface area (Å²) in [6, 6.07) is 3.11. The summed E-state index contributed by atoms with van der Waals surface area (Å²) in [6.07, 6.45) is 2.29. The number of pyridine rings is 1. The van der Waals surface area contributed by atoms with E-state index >= 15 is 0 Å². The molecular formula is C13H19F2N3O2. The van der Waals surface area contributed by atoms with Crippen molar-refractivity contribution in [3.05, 3.63) is 18.3 Å². The van der Waals surface area contributed by atoms with Crippen LogP contribution in [-0.2, 0) is 4.74 Å². The number of aromatic nitrogens is 1. The van der Waals surface area contributed by atoms with Gasteiger partial charge in [-0.15, -0.1) is 0 Å². The number of hydrogen-bond donors (Lipinski definition) is 1. The molecule has 20 heavy (non-hydrogen) atoms. The first kappa shape index (κ1) is 14.9. The number of anilines is 1. The van der Waals surface area contributed by atoms with E-state index < -0.39 is 6.61 Å². The molecular weight excluding hydrogens is 268 g/mol. The lowest BCUT2D eigenvalue weighted by Crippen LogP contribution is -2.37. The summed E-state index contributed by atoms with van der Waals surface area (Å²) in [4.78, 5) is 6.37. The molecule has 2 heterocycles. The Morgan fingerprint density at radius 3 is 2.80 bits per heavy atom. The van der Waals surface area contributed by atoms with Crippen LogP contribution in [0.1, 0.15) is 6.42 Å². The number of ether oxygens (including phenoxy) is 2. The lowest BCUT2D eigenvalue weighted by molar-refractivity contribution is -0.0500. The van der Waals surface area contributed by atoms with E-state index in [1.54, 1.807) is 6.07 Å². The standard InChI is InChI=1S/C13H19F2N3O2/c14-13(15)20-11-2-3-12(17-10-11)16-4-1-5-18-6-8-19-9-7-18/h2-3,10,13H,1,4-9H2,(H,16,17). The SMILES string of the molecule is FC(F)Oc1ccc(NCCCN2CCOCC2)nc1. The Hall–Kier alpha value is -1.47. The maximum absolute atomic E-state index is 12.0. The smallest absolute Gasteiger partial charge is 0.387 e. The minimum atomic E-state index is -2.82. The topological polar surface area (TPSA) is 46.6 Å². The molecule has 0 aromatic carbocycles. The average Bonchev–Trinajstić information content (AvgIpc) is 2.46. The molecule has 0 bridgehead atoms. The molecule has 1 aliphatic heterocycles. The van der Waals surface area contributed by atoms with Crippen molar-refractivity contribution in [3.8, 4) is 5.75 Å². The third kappa shape index (κ3) is 5.26. The number of nitrogens with one attached hydrogen (secondary N) is 1. The lowest BCUT2D eigenvalue weighted by atomic mass is 10.3. The molecule has 2 rings (SSSR count). The van der Waals surface area contributed by atoms with Crippen LogP contribution in [0.3, 0.4) is 0 Å². The van der Waals surface area contributed by atoms with Crippen molar-refractivity contribution in [2.24, 2.45) is 0 Å². The van der Waals surface area contributed by atoms with E-state index in [0.717, 1.165) is 45.8 Å². The molecule has 0 saturated carbocycles. The third-order valence-electron chi connectivity index (χ3n) is 3.02. The number of morpholine rings is 1. The van der Waals surface area contributed by atoms with E-state index in [9.17, 15) is 8.78 Å². The third-order valence-corrected chi connectivity index (χ3v) is 3.02.